The van der Waals surface area contributed by atoms with Gasteiger partial charge in [-0.25, -0.2) is 4.79 Å². The number of aliphatic hydroxyl groups excluding tert-OH is 1. The van der Waals surface area contributed by atoms with Gasteiger partial charge >= 0.3 is 6.03 Å². The van der Waals surface area contributed by atoms with Gasteiger partial charge in [0.25, 0.3) is 0 Å². The normalized spacial score (nSPS) is 28.1. The van der Waals surface area contributed by atoms with Gasteiger partial charge in [0.15, 0.2) is 0 Å². The fourth-order valence-corrected chi connectivity index (χ4v) is 3.14. The van der Waals surface area contributed by atoms with Gasteiger partial charge in [0, 0.05) is 12.0 Å². The second-order valence-electron chi connectivity index (χ2n) is 5.80. The highest BCUT2D eigenvalue weighted by Gasteiger charge is 2.27. The van der Waals surface area contributed by atoms with E-state index < -0.39 is 6.10 Å². The fourth-order valence-electron chi connectivity index (χ4n) is 3.14. The monoisotopic (exact) mass is 290 g/mol. The zero-order valence-electron chi connectivity index (χ0n) is 12.0. The van der Waals surface area contributed by atoms with Crippen LogP contribution in [0, 0.1) is 0 Å². The summed E-state index contributed by atoms with van der Waals surface area (Å²) in [5.74, 6) is 0.840. The number of hydrogen-bond acceptors (Lipinski definition) is 3. The average molecular weight is 290 g/mol. The number of hydrogen-bond donors (Lipinski definition) is 3. The Labute approximate surface area is 124 Å². The van der Waals surface area contributed by atoms with Crippen molar-refractivity contribution in [2.75, 3.05) is 6.61 Å². The Balaban J connectivity index is 1.60. The third-order valence-electron chi connectivity index (χ3n) is 4.31. The minimum atomic E-state index is -0.425. The third-order valence-corrected chi connectivity index (χ3v) is 4.31. The molecule has 2 amide bonds. The molecule has 5 nitrogen and oxygen atoms in total. The molecule has 1 saturated carbocycles. The van der Waals surface area contributed by atoms with E-state index in [-0.39, 0.29) is 18.1 Å². The van der Waals surface area contributed by atoms with Crippen LogP contribution in [0.25, 0.3) is 0 Å². The molecule has 1 aliphatic carbocycles. The van der Waals surface area contributed by atoms with Crippen molar-refractivity contribution in [3.63, 3.8) is 0 Å². The minimum absolute atomic E-state index is 0.0318. The van der Waals surface area contributed by atoms with Crippen LogP contribution in [0.4, 0.5) is 4.79 Å². The minimum Gasteiger partial charge on any atom is -0.493 e. The van der Waals surface area contributed by atoms with Gasteiger partial charge in [0.05, 0.1) is 24.8 Å². The second kappa shape index (κ2) is 6.35. The number of fused-ring (bicyclic) bond motifs is 1. The molecule has 21 heavy (non-hydrogen) atoms. The number of aliphatic hydroxyl groups is 1. The Bertz CT molecular complexity index is 506. The summed E-state index contributed by atoms with van der Waals surface area (Å²) >= 11 is 0. The Hall–Kier alpha value is -1.75. The third kappa shape index (κ3) is 3.29. The van der Waals surface area contributed by atoms with Crippen LogP contribution in [-0.2, 0) is 0 Å². The molecular weight excluding hydrogens is 268 g/mol. The van der Waals surface area contributed by atoms with Crippen LogP contribution in [0.1, 0.15) is 43.7 Å². The molecule has 114 valence electrons. The maximum Gasteiger partial charge on any atom is 0.315 e. The van der Waals surface area contributed by atoms with E-state index in [0.29, 0.717) is 6.61 Å². The van der Waals surface area contributed by atoms with E-state index in [4.69, 9.17) is 4.74 Å². The Morgan fingerprint density at radius 1 is 1.14 bits per heavy atom. The first kappa shape index (κ1) is 14.2. The molecular formula is C16H22N2O3. The molecule has 2 aliphatic rings. The molecule has 1 fully saturated rings. The second-order valence-corrected chi connectivity index (χ2v) is 5.80. The summed E-state index contributed by atoms with van der Waals surface area (Å²) in [7, 11) is 0. The molecule has 1 aliphatic heterocycles. The first-order valence-electron chi connectivity index (χ1n) is 7.71. The predicted molar refractivity (Wildman–Crippen MR) is 79.2 cm³/mol. The first-order chi connectivity index (χ1) is 10.2. The number of rotatable bonds is 2. The lowest BCUT2D eigenvalue weighted by atomic mass is 9.93. The van der Waals surface area contributed by atoms with Crippen molar-refractivity contribution in [1.82, 2.24) is 10.6 Å². The molecule has 3 N–H and O–H groups in total. The lowest BCUT2D eigenvalue weighted by Gasteiger charge is -2.30. The Kier molecular flexibility index (Phi) is 4.29. The first-order valence-corrected chi connectivity index (χ1v) is 7.71. The summed E-state index contributed by atoms with van der Waals surface area (Å²) in [5.41, 5.74) is 1.02. The number of urea groups is 1. The zero-order chi connectivity index (χ0) is 14.7. The van der Waals surface area contributed by atoms with E-state index in [1.165, 1.54) is 0 Å². The zero-order valence-corrected chi connectivity index (χ0v) is 12.0. The van der Waals surface area contributed by atoms with Gasteiger partial charge in [-0.15, -0.1) is 0 Å². The number of carbonyl (C=O) groups excluding carboxylic acids is 1. The summed E-state index contributed by atoms with van der Waals surface area (Å²) in [6.07, 6.45) is 4.05. The van der Waals surface area contributed by atoms with Crippen molar-refractivity contribution in [3.05, 3.63) is 29.8 Å². The highest BCUT2D eigenvalue weighted by atomic mass is 16.5. The highest BCUT2D eigenvalue weighted by Crippen LogP contribution is 2.31. The lowest BCUT2D eigenvalue weighted by Crippen LogP contribution is -2.50. The van der Waals surface area contributed by atoms with E-state index >= 15 is 0 Å². The maximum absolute atomic E-state index is 12.2. The lowest BCUT2D eigenvalue weighted by molar-refractivity contribution is 0.0938. The van der Waals surface area contributed by atoms with E-state index in [1.54, 1.807) is 0 Å². The molecule has 3 atom stereocenters. The Morgan fingerprint density at radius 3 is 2.81 bits per heavy atom. The number of amides is 2. The topological polar surface area (TPSA) is 70.6 Å². The quantitative estimate of drug-likeness (QED) is 0.781. The molecule has 0 aromatic heterocycles. The number of nitrogens with one attached hydrogen (secondary N) is 2. The van der Waals surface area contributed by atoms with Crippen LogP contribution in [0.15, 0.2) is 24.3 Å². The molecule has 5 heteroatoms. The molecule has 1 aromatic carbocycles. The number of para-hydroxylation sites is 1. The van der Waals surface area contributed by atoms with Crippen LogP contribution >= 0.6 is 0 Å². The van der Waals surface area contributed by atoms with Crippen LogP contribution in [0.5, 0.6) is 5.75 Å². The molecule has 1 aromatic rings. The summed E-state index contributed by atoms with van der Waals surface area (Å²) in [5, 5.41) is 15.8. The van der Waals surface area contributed by atoms with Gasteiger partial charge in [-0.1, -0.05) is 31.0 Å². The van der Waals surface area contributed by atoms with Gasteiger partial charge in [-0.05, 0) is 18.9 Å². The highest BCUT2D eigenvalue weighted by molar-refractivity contribution is 5.75. The molecule has 1 heterocycles. The van der Waals surface area contributed by atoms with Crippen molar-refractivity contribution in [2.45, 2.75) is 50.3 Å². The van der Waals surface area contributed by atoms with E-state index in [1.807, 2.05) is 24.3 Å². The van der Waals surface area contributed by atoms with Crippen LogP contribution in [0.3, 0.4) is 0 Å². The van der Waals surface area contributed by atoms with E-state index in [0.717, 1.165) is 43.4 Å². The van der Waals surface area contributed by atoms with E-state index in [9.17, 15) is 9.90 Å². The summed E-state index contributed by atoms with van der Waals surface area (Å²) in [6.45, 7) is 0.605. The van der Waals surface area contributed by atoms with Crippen LogP contribution in [0.2, 0.25) is 0 Å². The number of benzene rings is 1. The average Bonchev–Trinajstić information content (AvgIpc) is 2.50. The van der Waals surface area contributed by atoms with Crippen LogP contribution < -0.4 is 15.4 Å². The number of carbonyl (C=O) groups is 1. The summed E-state index contributed by atoms with van der Waals surface area (Å²) in [6, 6.07) is 7.41. The smallest absolute Gasteiger partial charge is 0.315 e. The molecule has 0 saturated heterocycles. The summed E-state index contributed by atoms with van der Waals surface area (Å²) < 4.78 is 5.59. The standard InChI is InChI=1S/C16H22N2O3/c19-14-7-3-2-6-13(14)18-16(20)17-12-9-10-21-15-8-4-1-5-11(12)15/h1,4-5,8,12-14,19H,2-3,6-7,9-10H2,(H2,17,18,20). The molecule has 3 unspecified atom stereocenters. The number of ether oxygens (including phenoxy) is 1. The van der Waals surface area contributed by atoms with Gasteiger partial charge in [-0.2, -0.15) is 0 Å². The largest absolute Gasteiger partial charge is 0.493 e. The molecule has 0 radical (unpaired) electrons. The maximum atomic E-state index is 12.2. The van der Waals surface area contributed by atoms with Crippen molar-refractivity contribution in [2.24, 2.45) is 0 Å². The van der Waals surface area contributed by atoms with Gasteiger partial charge in [0.1, 0.15) is 5.75 Å². The van der Waals surface area contributed by atoms with Gasteiger partial charge < -0.3 is 20.5 Å². The predicted octanol–water partition coefficient (Wildman–Crippen LogP) is 2.11. The van der Waals surface area contributed by atoms with Crippen molar-refractivity contribution in [1.29, 1.82) is 0 Å². The summed E-state index contributed by atoms with van der Waals surface area (Å²) in [4.78, 5) is 12.2. The molecule has 0 spiro atoms. The Morgan fingerprint density at radius 2 is 1.95 bits per heavy atom. The molecule has 0 bridgehead atoms. The molecule has 3 rings (SSSR count). The van der Waals surface area contributed by atoms with Gasteiger partial charge in [-0.3, -0.25) is 0 Å². The van der Waals surface area contributed by atoms with E-state index in [2.05, 4.69) is 10.6 Å². The van der Waals surface area contributed by atoms with Crippen molar-refractivity contribution >= 4 is 6.03 Å². The fraction of sp³-hybridized carbons (Fsp3) is 0.562. The van der Waals surface area contributed by atoms with Crippen LogP contribution in [-0.4, -0.2) is 29.9 Å². The SMILES string of the molecule is O=C(NC1CCOc2ccccc21)NC1CCCCC1O. The van der Waals surface area contributed by atoms with Crippen molar-refractivity contribution < 1.29 is 14.6 Å². The van der Waals surface area contributed by atoms with Gasteiger partial charge in [0.2, 0.25) is 0 Å². The van der Waals surface area contributed by atoms with Crippen molar-refractivity contribution in [3.8, 4) is 5.75 Å².